The first-order valence-corrected chi connectivity index (χ1v) is 24.7. The van der Waals surface area contributed by atoms with Crippen LogP contribution in [-0.4, -0.2) is 87.5 Å². The molecule has 0 amide bonds. The lowest BCUT2D eigenvalue weighted by Crippen LogP contribution is -2.38. The smallest absolute Gasteiger partial charge is 0.232 e. The lowest BCUT2D eigenvalue weighted by molar-refractivity contribution is 0.0836. The van der Waals surface area contributed by atoms with Crippen LogP contribution in [-0.2, 0) is 45.9 Å². The molecule has 0 spiro atoms. The number of pyridine rings is 4. The van der Waals surface area contributed by atoms with E-state index in [-0.39, 0.29) is 11.8 Å². The van der Waals surface area contributed by atoms with Crippen LogP contribution in [0.3, 0.4) is 0 Å². The Kier molecular flexibility index (Phi) is 10.9. The van der Waals surface area contributed by atoms with Gasteiger partial charge in [0.2, 0.25) is 8.42 Å². The second-order valence-electron chi connectivity index (χ2n) is 16.3. The molecule has 0 bridgehead atoms. The van der Waals surface area contributed by atoms with E-state index >= 15 is 0 Å². The number of methoxy groups -OCH3 is 2. The zero-order valence-electron chi connectivity index (χ0n) is 34.3. The van der Waals surface area contributed by atoms with Gasteiger partial charge in [-0.1, -0.05) is 22.7 Å². The predicted molar refractivity (Wildman–Crippen MR) is 245 cm³/mol. The van der Waals surface area contributed by atoms with Crippen LogP contribution in [0.25, 0.3) is 65.0 Å². The molecule has 4 N–H and O–H groups in total. The molecule has 61 heavy (non-hydrogen) atoms. The van der Waals surface area contributed by atoms with Gasteiger partial charge < -0.3 is 30.0 Å². The highest BCUT2D eigenvalue weighted by Crippen LogP contribution is 2.59. The molecule has 14 nitrogen and oxygen atoms in total. The number of nitrogens with zero attached hydrogens (tertiary/aromatic N) is 8. The third-order valence-electron chi connectivity index (χ3n) is 12.4. The number of thiophene rings is 2. The molecule has 3 unspecified atom stereocenters. The van der Waals surface area contributed by atoms with Crippen LogP contribution < -0.4 is 11.5 Å². The lowest BCUT2D eigenvalue weighted by atomic mass is 9.55. The summed E-state index contributed by atoms with van der Waals surface area (Å²) in [5.41, 5.74) is 22.2. The van der Waals surface area contributed by atoms with Crippen molar-refractivity contribution in [3.63, 3.8) is 0 Å². The van der Waals surface area contributed by atoms with E-state index in [1.165, 1.54) is 28.2 Å². The molecule has 18 heteroatoms. The van der Waals surface area contributed by atoms with Crippen LogP contribution in [0.1, 0.15) is 55.1 Å². The summed E-state index contributed by atoms with van der Waals surface area (Å²) < 4.78 is 42.5. The highest BCUT2D eigenvalue weighted by molar-refractivity contribution is 7.94. The van der Waals surface area contributed by atoms with Crippen molar-refractivity contribution in [2.24, 2.45) is 25.9 Å². The molecule has 8 aromatic rings. The van der Waals surface area contributed by atoms with E-state index in [0.29, 0.717) is 74.1 Å². The monoisotopic (exact) mass is 894 g/mol. The first-order chi connectivity index (χ1) is 29.6. The molecule has 4 atom stereocenters. The van der Waals surface area contributed by atoms with Crippen molar-refractivity contribution in [2.45, 2.75) is 52.4 Å². The highest BCUT2D eigenvalue weighted by Gasteiger charge is 2.46. The van der Waals surface area contributed by atoms with E-state index in [1.807, 2.05) is 38.9 Å². The van der Waals surface area contributed by atoms with Gasteiger partial charge in [-0.15, -0.1) is 0 Å². The van der Waals surface area contributed by atoms with Gasteiger partial charge in [-0.05, 0) is 95.9 Å². The third kappa shape index (κ3) is 7.33. The molecule has 0 saturated heterocycles. The lowest BCUT2D eigenvalue weighted by Gasteiger charge is -2.49. The molecule has 2 aliphatic carbocycles. The minimum Gasteiger partial charge on any atom is -0.611 e. The van der Waals surface area contributed by atoms with Crippen molar-refractivity contribution >= 4 is 98.9 Å². The van der Waals surface area contributed by atoms with Crippen LogP contribution in [0.2, 0.25) is 0 Å². The minimum absolute atomic E-state index is 0.250. The molecule has 0 radical (unpaired) electrons. The zero-order chi connectivity index (χ0) is 42.1. The summed E-state index contributed by atoms with van der Waals surface area (Å²) in [6, 6.07) is 8.55. The molecule has 0 aliphatic heterocycles. The van der Waals surface area contributed by atoms with Crippen LogP contribution in [0.5, 0.6) is 0 Å². The van der Waals surface area contributed by atoms with Crippen LogP contribution in [0.4, 0.5) is 11.4 Å². The van der Waals surface area contributed by atoms with Crippen molar-refractivity contribution in [1.82, 2.24) is 39.5 Å². The van der Waals surface area contributed by atoms with Gasteiger partial charge in [0.05, 0.1) is 24.6 Å². The van der Waals surface area contributed by atoms with Crippen LogP contribution in [0.15, 0.2) is 57.5 Å². The zero-order valence-corrected chi connectivity index (χ0v) is 37.6. The first-order valence-electron chi connectivity index (χ1n) is 20.4. The van der Waals surface area contributed by atoms with Gasteiger partial charge in [-0.3, -0.25) is 9.36 Å². The molecule has 316 valence electrons. The van der Waals surface area contributed by atoms with Gasteiger partial charge in [-0.2, -0.15) is 10.2 Å². The van der Waals surface area contributed by atoms with Crippen molar-refractivity contribution in [3.05, 3.63) is 60.2 Å². The first kappa shape index (κ1) is 40.7. The van der Waals surface area contributed by atoms with Gasteiger partial charge in [0.1, 0.15) is 32.5 Å². The maximum Gasteiger partial charge on any atom is 0.232 e. The molecular weight excluding hydrogens is 849 g/mol. The molecule has 0 aromatic carbocycles. The molecule has 8 aromatic heterocycles. The summed E-state index contributed by atoms with van der Waals surface area (Å²) in [6.45, 7) is 0.918. The quantitative estimate of drug-likeness (QED) is 0.0802. The Hall–Kier alpha value is -4.40. The van der Waals surface area contributed by atoms with Crippen molar-refractivity contribution in [2.75, 3.05) is 50.4 Å². The Morgan fingerprint density at radius 2 is 1.28 bits per heavy atom. The van der Waals surface area contributed by atoms with E-state index in [4.69, 9.17) is 30.9 Å². The van der Waals surface area contributed by atoms with Gasteiger partial charge in [-0.25, -0.2) is 19.9 Å². The van der Waals surface area contributed by atoms with Gasteiger partial charge in [0.25, 0.3) is 0 Å². The average molecular weight is 895 g/mol. The van der Waals surface area contributed by atoms with Crippen molar-refractivity contribution < 1.29 is 18.6 Å². The van der Waals surface area contributed by atoms with E-state index in [9.17, 15) is 9.11 Å². The molecular formula is C43H46N10O4S4. The van der Waals surface area contributed by atoms with Crippen LogP contribution >= 0.6 is 22.7 Å². The van der Waals surface area contributed by atoms with Gasteiger partial charge in [0.15, 0.2) is 11.3 Å². The number of aryl methyl sites for hydroxylation is 2. The second kappa shape index (κ2) is 16.4. The van der Waals surface area contributed by atoms with Crippen LogP contribution in [0, 0.1) is 11.8 Å². The fraction of sp³-hybridized carbons (Fsp3) is 0.395. The standard InChI is InChI=1S/C43H46N10O4S4/c1-52-20-26-14-24(18-46-38(26)50-52)32-16-30(34-36(44)43(58-40(34)48-32)61(55)11-9-57-4)23-12-22(13-23)28-6-7-29(28)31-17-33(25-15-27-21-53(2)51-39(27)47-19-25)49-41-35(31)37(45)42(59-41)60(54)10-5-8-56-3/h14-23,28-29H,5-13,44-45H2,1-4H3/t22?,23?,28?,29?,60?,61-/m0/s1. The largest absolute Gasteiger partial charge is 0.611 e. The summed E-state index contributed by atoms with van der Waals surface area (Å²) in [4.78, 5) is 21.2. The molecule has 8 heterocycles. The number of nitrogen functional groups attached to an aromatic ring is 2. The highest BCUT2D eigenvalue weighted by atomic mass is 32.2. The fourth-order valence-electron chi connectivity index (χ4n) is 9.27. The summed E-state index contributed by atoms with van der Waals surface area (Å²) in [7, 11) is 7.05. The number of fused-ring (bicyclic) bond motifs is 4. The second-order valence-corrected chi connectivity index (χ2v) is 21.8. The number of nitrogens with two attached hydrogens (primary N) is 2. The summed E-state index contributed by atoms with van der Waals surface area (Å²) in [6.07, 6.45) is 12.4. The van der Waals surface area contributed by atoms with Crippen molar-refractivity contribution in [1.29, 1.82) is 0 Å². The Bertz CT molecular complexity index is 2940. The number of rotatable bonds is 14. The number of hydrogen-bond acceptors (Lipinski definition) is 14. The summed E-state index contributed by atoms with van der Waals surface area (Å²) >= 11 is 0.272. The normalized spacial score (nSPS) is 20.2. The number of ether oxygens (including phenoxy) is 2. The van der Waals surface area contributed by atoms with E-state index in [2.05, 4.69) is 44.4 Å². The topological polar surface area (TPSA) is 204 Å². The Labute approximate surface area is 366 Å². The number of anilines is 2. The Balaban J connectivity index is 0.995. The summed E-state index contributed by atoms with van der Waals surface area (Å²) in [5.74, 6) is 2.27. The summed E-state index contributed by atoms with van der Waals surface area (Å²) in [5, 5.41) is 12.7. The number of hydrogen-bond donors (Lipinski definition) is 2. The molecule has 2 fully saturated rings. The fourth-order valence-corrected chi connectivity index (χ4v) is 14.5. The minimum atomic E-state index is -1.31. The maximum atomic E-state index is 13.6. The molecule has 10 rings (SSSR count). The SMILES string of the molecule is COCCC[S+]([O-])c1sc2nc(-c3cnc4nn(C)cc4c3)cc(C3CCC3C3CC(c4cc(-c5cnc6nn(C)cc6c5)nc5sc([S@@+]([O-])CCOC)c(N)c45)C3)c2c1N. The Morgan fingerprint density at radius 3 is 1.82 bits per heavy atom. The van der Waals surface area contributed by atoms with E-state index < -0.39 is 22.4 Å². The maximum absolute atomic E-state index is 13.6. The molecule has 2 aliphatic rings. The average Bonchev–Trinajstić information content (AvgIpc) is 3.98. The van der Waals surface area contributed by atoms with E-state index in [0.717, 1.165) is 85.0 Å². The number of aromatic nitrogens is 8. The van der Waals surface area contributed by atoms with Gasteiger partial charge in [0, 0.05) is 103 Å². The van der Waals surface area contributed by atoms with Crippen molar-refractivity contribution in [3.8, 4) is 22.5 Å². The predicted octanol–water partition coefficient (Wildman–Crippen LogP) is 7.55. The third-order valence-corrected chi connectivity index (χ3v) is 18.3. The van der Waals surface area contributed by atoms with E-state index in [1.54, 1.807) is 23.6 Å². The Morgan fingerprint density at radius 1 is 0.738 bits per heavy atom. The van der Waals surface area contributed by atoms with Gasteiger partial charge >= 0.3 is 0 Å². The molecule has 2 saturated carbocycles.